The van der Waals surface area contributed by atoms with Crippen molar-refractivity contribution in [2.24, 2.45) is 0 Å². The molecule has 0 spiro atoms. The molecule has 0 aliphatic carbocycles. The molecule has 8 heteroatoms. The van der Waals surface area contributed by atoms with E-state index in [4.69, 9.17) is 23.2 Å². The second-order valence-corrected chi connectivity index (χ2v) is 7.34. The van der Waals surface area contributed by atoms with E-state index in [1.54, 1.807) is 0 Å². The standard InChI is InChI=1S/C18H16Cl2N4OS/c1-11-22-23-18(26-10-15-16(19)7-4-8-17(15)20)24(11)14-6-3-5-13(9-14)21-12(2)25/h3-9H,10H2,1-2H3,(H,21,25). The average molecular weight is 407 g/mol. The smallest absolute Gasteiger partial charge is 0.221 e. The molecule has 5 nitrogen and oxygen atoms in total. The van der Waals surface area contributed by atoms with Gasteiger partial charge in [0.05, 0.1) is 5.69 Å². The topological polar surface area (TPSA) is 59.8 Å². The fraction of sp³-hybridized carbons (Fsp3) is 0.167. The molecule has 2 aromatic carbocycles. The van der Waals surface area contributed by atoms with Gasteiger partial charge in [0, 0.05) is 28.4 Å². The minimum absolute atomic E-state index is 0.120. The van der Waals surface area contributed by atoms with Crippen LogP contribution in [-0.2, 0) is 10.5 Å². The van der Waals surface area contributed by atoms with Crippen LogP contribution in [0.15, 0.2) is 47.6 Å². The first-order valence-corrected chi connectivity index (χ1v) is 9.55. The van der Waals surface area contributed by atoms with Gasteiger partial charge in [0.1, 0.15) is 5.82 Å². The summed E-state index contributed by atoms with van der Waals surface area (Å²) in [5, 5.41) is 13.2. The molecule has 0 fully saturated rings. The van der Waals surface area contributed by atoms with Gasteiger partial charge in [0.25, 0.3) is 0 Å². The van der Waals surface area contributed by atoms with Crippen LogP contribution < -0.4 is 5.32 Å². The lowest BCUT2D eigenvalue weighted by molar-refractivity contribution is -0.114. The van der Waals surface area contributed by atoms with E-state index in [0.29, 0.717) is 21.5 Å². The van der Waals surface area contributed by atoms with E-state index in [9.17, 15) is 4.79 Å². The average Bonchev–Trinajstić information content (AvgIpc) is 2.95. The fourth-order valence-corrected chi connectivity index (χ4v) is 4.21. The molecule has 1 N–H and O–H groups in total. The third-order valence-corrected chi connectivity index (χ3v) is 5.29. The maximum atomic E-state index is 11.3. The second kappa shape index (κ2) is 8.12. The predicted molar refractivity (Wildman–Crippen MR) is 106 cm³/mol. The first-order chi connectivity index (χ1) is 12.5. The molecule has 0 radical (unpaired) electrons. The summed E-state index contributed by atoms with van der Waals surface area (Å²) in [5.41, 5.74) is 2.44. The summed E-state index contributed by atoms with van der Waals surface area (Å²) in [4.78, 5) is 11.3. The van der Waals surface area contributed by atoms with Crippen molar-refractivity contribution in [2.75, 3.05) is 5.32 Å². The number of carbonyl (C=O) groups is 1. The first kappa shape index (κ1) is 18.8. The normalized spacial score (nSPS) is 10.8. The van der Waals surface area contributed by atoms with E-state index in [-0.39, 0.29) is 5.91 Å². The van der Waals surface area contributed by atoms with Crippen LogP contribution in [0.4, 0.5) is 5.69 Å². The first-order valence-electron chi connectivity index (χ1n) is 7.81. The third-order valence-electron chi connectivity index (χ3n) is 3.63. The van der Waals surface area contributed by atoms with Crippen LogP contribution in [0.3, 0.4) is 0 Å². The molecule has 0 bridgehead atoms. The molecule has 1 amide bonds. The zero-order valence-electron chi connectivity index (χ0n) is 14.2. The van der Waals surface area contributed by atoms with E-state index in [1.807, 2.05) is 54.0 Å². The zero-order chi connectivity index (χ0) is 18.7. The van der Waals surface area contributed by atoms with E-state index < -0.39 is 0 Å². The molecule has 0 unspecified atom stereocenters. The third kappa shape index (κ3) is 4.20. The summed E-state index contributed by atoms with van der Waals surface area (Å²) in [6.07, 6.45) is 0. The summed E-state index contributed by atoms with van der Waals surface area (Å²) in [7, 11) is 0. The SMILES string of the molecule is CC(=O)Nc1cccc(-n2c(C)nnc2SCc2c(Cl)cccc2Cl)c1. The molecular weight excluding hydrogens is 391 g/mol. The molecule has 0 aliphatic heterocycles. The molecule has 1 aromatic heterocycles. The van der Waals surface area contributed by atoms with Crippen molar-refractivity contribution in [3.8, 4) is 5.69 Å². The molecule has 1 heterocycles. The van der Waals surface area contributed by atoms with Crippen molar-refractivity contribution in [2.45, 2.75) is 24.8 Å². The fourth-order valence-electron chi connectivity index (χ4n) is 2.47. The van der Waals surface area contributed by atoms with Crippen LogP contribution in [0.5, 0.6) is 0 Å². The number of nitrogens with zero attached hydrogens (tertiary/aromatic N) is 3. The van der Waals surface area contributed by atoms with Crippen molar-refractivity contribution in [3.63, 3.8) is 0 Å². The molecule has 0 aliphatic rings. The Hall–Kier alpha value is -2.02. The van der Waals surface area contributed by atoms with Crippen molar-refractivity contribution < 1.29 is 4.79 Å². The molecule has 0 atom stereocenters. The molecule has 26 heavy (non-hydrogen) atoms. The quantitative estimate of drug-likeness (QED) is 0.596. The predicted octanol–water partition coefficient (Wildman–Crippen LogP) is 5.13. The van der Waals surface area contributed by atoms with Gasteiger partial charge in [0.2, 0.25) is 5.91 Å². The maximum absolute atomic E-state index is 11.3. The number of aryl methyl sites for hydroxylation is 1. The van der Waals surface area contributed by atoms with Crippen LogP contribution in [-0.4, -0.2) is 20.7 Å². The lowest BCUT2D eigenvalue weighted by Gasteiger charge is -2.11. The highest BCUT2D eigenvalue weighted by Crippen LogP contribution is 2.32. The lowest BCUT2D eigenvalue weighted by atomic mass is 10.2. The van der Waals surface area contributed by atoms with Crippen molar-refractivity contribution >= 4 is 46.6 Å². The Morgan fingerprint density at radius 1 is 1.15 bits per heavy atom. The Balaban J connectivity index is 1.89. The van der Waals surface area contributed by atoms with Gasteiger partial charge in [-0.2, -0.15) is 0 Å². The molecular formula is C18H16Cl2N4OS. The summed E-state index contributed by atoms with van der Waals surface area (Å²) in [6.45, 7) is 3.36. The van der Waals surface area contributed by atoms with E-state index in [2.05, 4.69) is 15.5 Å². The minimum Gasteiger partial charge on any atom is -0.326 e. The number of carbonyl (C=O) groups excluding carboxylic acids is 1. The van der Waals surface area contributed by atoms with Gasteiger partial charge in [0.15, 0.2) is 5.16 Å². The molecule has 3 rings (SSSR count). The van der Waals surface area contributed by atoms with E-state index in [1.165, 1.54) is 18.7 Å². The number of benzene rings is 2. The van der Waals surface area contributed by atoms with Gasteiger partial charge in [-0.05, 0) is 42.8 Å². The van der Waals surface area contributed by atoms with Crippen molar-refractivity contribution in [1.29, 1.82) is 0 Å². The largest absolute Gasteiger partial charge is 0.326 e. The molecule has 0 saturated heterocycles. The van der Waals surface area contributed by atoms with Crippen LogP contribution in [0.2, 0.25) is 10.0 Å². The van der Waals surface area contributed by atoms with Gasteiger partial charge in [-0.25, -0.2) is 0 Å². The summed E-state index contributed by atoms with van der Waals surface area (Å²) < 4.78 is 1.93. The number of rotatable bonds is 5. The summed E-state index contributed by atoms with van der Waals surface area (Å²) >= 11 is 14.0. The number of amides is 1. The Bertz CT molecular complexity index is 938. The zero-order valence-corrected chi connectivity index (χ0v) is 16.5. The van der Waals surface area contributed by atoms with Gasteiger partial charge in [-0.1, -0.05) is 47.1 Å². The maximum Gasteiger partial charge on any atom is 0.221 e. The summed E-state index contributed by atoms with van der Waals surface area (Å²) in [5.74, 6) is 1.20. The van der Waals surface area contributed by atoms with Crippen molar-refractivity contribution in [1.82, 2.24) is 14.8 Å². The monoisotopic (exact) mass is 406 g/mol. The number of halogens is 2. The highest BCUT2D eigenvalue weighted by atomic mass is 35.5. The van der Waals surface area contributed by atoms with Crippen LogP contribution in [0, 0.1) is 6.92 Å². The Morgan fingerprint density at radius 2 is 1.85 bits per heavy atom. The van der Waals surface area contributed by atoms with Crippen molar-refractivity contribution in [3.05, 3.63) is 63.9 Å². The van der Waals surface area contributed by atoms with Crippen LogP contribution >= 0.6 is 35.0 Å². The highest BCUT2D eigenvalue weighted by molar-refractivity contribution is 7.98. The number of aromatic nitrogens is 3. The van der Waals surface area contributed by atoms with Gasteiger partial charge in [-0.15, -0.1) is 10.2 Å². The summed E-state index contributed by atoms with van der Waals surface area (Å²) in [6, 6.07) is 13.0. The van der Waals surface area contributed by atoms with Gasteiger partial charge >= 0.3 is 0 Å². The Kier molecular flexibility index (Phi) is 5.86. The van der Waals surface area contributed by atoms with Gasteiger partial charge < -0.3 is 5.32 Å². The number of hydrogen-bond donors (Lipinski definition) is 1. The highest BCUT2D eigenvalue weighted by Gasteiger charge is 2.14. The lowest BCUT2D eigenvalue weighted by Crippen LogP contribution is -2.07. The second-order valence-electron chi connectivity index (χ2n) is 5.59. The molecule has 0 saturated carbocycles. The van der Waals surface area contributed by atoms with Gasteiger partial charge in [-0.3, -0.25) is 9.36 Å². The number of nitrogens with one attached hydrogen (secondary N) is 1. The minimum atomic E-state index is -0.120. The van der Waals surface area contributed by atoms with E-state index >= 15 is 0 Å². The van der Waals surface area contributed by atoms with Crippen LogP contribution in [0.25, 0.3) is 5.69 Å². The Labute approximate surface area is 165 Å². The van der Waals surface area contributed by atoms with E-state index in [0.717, 1.165) is 22.2 Å². The number of anilines is 1. The molecule has 134 valence electrons. The number of thioether (sulfide) groups is 1. The molecule has 3 aromatic rings. The Morgan fingerprint density at radius 3 is 2.54 bits per heavy atom. The van der Waals surface area contributed by atoms with Crippen LogP contribution in [0.1, 0.15) is 18.3 Å². The number of hydrogen-bond acceptors (Lipinski definition) is 4.